The van der Waals surface area contributed by atoms with E-state index in [0.29, 0.717) is 23.1 Å². The smallest absolute Gasteiger partial charge is 0.197 e. The van der Waals surface area contributed by atoms with E-state index in [-0.39, 0.29) is 5.43 Å². The van der Waals surface area contributed by atoms with E-state index in [1.165, 1.54) is 5.56 Å². The zero-order chi connectivity index (χ0) is 18.8. The van der Waals surface area contributed by atoms with Gasteiger partial charge in [-0.25, -0.2) is 9.97 Å². The molecule has 0 spiro atoms. The first-order valence-electron chi connectivity index (χ1n) is 9.77. The fourth-order valence-electron chi connectivity index (χ4n) is 3.68. The number of hydrogen-bond acceptors (Lipinski definition) is 5. The molecule has 0 aliphatic carbocycles. The molecule has 0 atom stereocenters. The second kappa shape index (κ2) is 7.61. The third kappa shape index (κ3) is 3.65. The van der Waals surface area contributed by atoms with Crippen molar-refractivity contribution in [1.29, 1.82) is 0 Å². The summed E-state index contributed by atoms with van der Waals surface area (Å²) in [5.74, 6) is 0.937. The Morgan fingerprint density at radius 1 is 1.26 bits per heavy atom. The predicted octanol–water partition coefficient (Wildman–Crippen LogP) is 3.66. The van der Waals surface area contributed by atoms with E-state index in [1.807, 2.05) is 24.4 Å². The highest BCUT2D eigenvalue weighted by molar-refractivity contribution is 5.77. The van der Waals surface area contributed by atoms with Gasteiger partial charge in [0.15, 0.2) is 5.43 Å². The third-order valence-electron chi connectivity index (χ3n) is 5.25. The normalized spacial score (nSPS) is 14.4. The molecule has 0 amide bonds. The molecule has 0 N–H and O–H groups in total. The van der Waals surface area contributed by atoms with Crippen molar-refractivity contribution in [3.05, 3.63) is 69.1 Å². The maximum Gasteiger partial charge on any atom is 0.197 e. The second-order valence-corrected chi connectivity index (χ2v) is 7.24. The number of hydrogen-bond donors (Lipinski definition) is 0. The molecule has 140 valence electrons. The minimum atomic E-state index is 0.0758. The van der Waals surface area contributed by atoms with Crippen LogP contribution in [0.1, 0.15) is 48.5 Å². The average molecular weight is 363 g/mol. The van der Waals surface area contributed by atoms with E-state index in [2.05, 4.69) is 23.7 Å². The van der Waals surface area contributed by atoms with Crippen molar-refractivity contribution >= 4 is 11.0 Å². The van der Waals surface area contributed by atoms with Crippen LogP contribution in [-0.2, 0) is 32.4 Å². The Labute approximate surface area is 159 Å². The number of nitrogens with zero attached hydrogens (tertiary/aromatic N) is 3. The van der Waals surface area contributed by atoms with Gasteiger partial charge in [0.25, 0.3) is 0 Å². The van der Waals surface area contributed by atoms with Gasteiger partial charge in [-0.3, -0.25) is 9.69 Å². The van der Waals surface area contributed by atoms with Crippen molar-refractivity contribution in [2.45, 2.75) is 52.6 Å². The lowest BCUT2D eigenvalue weighted by atomic mass is 10.1. The summed E-state index contributed by atoms with van der Waals surface area (Å²) in [7, 11) is 0. The second-order valence-electron chi connectivity index (χ2n) is 7.24. The van der Waals surface area contributed by atoms with Crippen LogP contribution in [0.2, 0.25) is 0 Å². The highest BCUT2D eigenvalue weighted by Gasteiger charge is 2.20. The lowest BCUT2D eigenvalue weighted by Gasteiger charge is -2.27. The fraction of sp³-hybridized carbons (Fsp3) is 0.409. The minimum Gasteiger partial charge on any atom is -0.464 e. The van der Waals surface area contributed by atoms with Crippen LogP contribution in [0.25, 0.3) is 11.0 Å². The third-order valence-corrected chi connectivity index (χ3v) is 5.25. The molecule has 5 nitrogen and oxygen atoms in total. The van der Waals surface area contributed by atoms with Gasteiger partial charge in [0.1, 0.15) is 11.4 Å². The monoisotopic (exact) mass is 363 g/mol. The molecule has 27 heavy (non-hydrogen) atoms. The number of aromatic nitrogens is 2. The summed E-state index contributed by atoms with van der Waals surface area (Å²) in [5, 5.41) is 0.678. The Kier molecular flexibility index (Phi) is 5.03. The van der Waals surface area contributed by atoms with E-state index in [4.69, 9.17) is 9.40 Å². The van der Waals surface area contributed by atoms with Crippen LogP contribution in [0.5, 0.6) is 0 Å². The lowest BCUT2D eigenvalue weighted by Crippen LogP contribution is -2.32. The van der Waals surface area contributed by atoms with Crippen LogP contribution in [0.4, 0.5) is 0 Å². The molecular formula is C22H25N3O2. The van der Waals surface area contributed by atoms with Crippen molar-refractivity contribution in [3.8, 4) is 0 Å². The quantitative estimate of drug-likeness (QED) is 0.692. The van der Waals surface area contributed by atoms with Gasteiger partial charge in [-0.15, -0.1) is 0 Å². The topological polar surface area (TPSA) is 59.2 Å². The molecule has 0 saturated carbocycles. The molecule has 0 saturated heterocycles. The maximum atomic E-state index is 12.9. The van der Waals surface area contributed by atoms with Crippen LogP contribution in [0.15, 0.2) is 39.9 Å². The summed E-state index contributed by atoms with van der Waals surface area (Å²) in [5.41, 5.74) is 4.91. The Bertz CT molecular complexity index is 1030. The van der Waals surface area contributed by atoms with E-state index in [0.717, 1.165) is 55.9 Å². The van der Waals surface area contributed by atoms with Gasteiger partial charge in [-0.05, 0) is 30.5 Å². The van der Waals surface area contributed by atoms with Gasteiger partial charge in [0, 0.05) is 55.5 Å². The Balaban J connectivity index is 1.56. The van der Waals surface area contributed by atoms with Gasteiger partial charge in [0.2, 0.25) is 0 Å². The zero-order valence-electron chi connectivity index (χ0n) is 16.0. The average Bonchev–Trinajstić information content (AvgIpc) is 2.70. The molecule has 0 bridgehead atoms. The van der Waals surface area contributed by atoms with Crippen LogP contribution in [-0.4, -0.2) is 21.4 Å². The first kappa shape index (κ1) is 17.9. The van der Waals surface area contributed by atoms with Gasteiger partial charge in [-0.1, -0.05) is 19.9 Å². The van der Waals surface area contributed by atoms with E-state index in [9.17, 15) is 4.79 Å². The zero-order valence-corrected chi connectivity index (χ0v) is 16.0. The first-order chi connectivity index (χ1) is 13.2. The van der Waals surface area contributed by atoms with E-state index < -0.39 is 0 Å². The lowest BCUT2D eigenvalue weighted by molar-refractivity contribution is 0.240. The minimum absolute atomic E-state index is 0.0758. The molecule has 3 aromatic rings. The van der Waals surface area contributed by atoms with Crippen molar-refractivity contribution < 1.29 is 4.42 Å². The Morgan fingerprint density at radius 2 is 2.15 bits per heavy atom. The highest BCUT2D eigenvalue weighted by atomic mass is 16.3. The summed E-state index contributed by atoms with van der Waals surface area (Å²) in [6.07, 6.45) is 7.36. The van der Waals surface area contributed by atoms with Crippen molar-refractivity contribution in [2.24, 2.45) is 0 Å². The molecular weight excluding hydrogens is 338 g/mol. The van der Waals surface area contributed by atoms with Crippen molar-refractivity contribution in [2.75, 3.05) is 6.54 Å². The fourth-order valence-corrected chi connectivity index (χ4v) is 3.68. The molecule has 0 radical (unpaired) electrons. The molecule has 5 heteroatoms. The van der Waals surface area contributed by atoms with Crippen molar-refractivity contribution in [1.82, 2.24) is 14.9 Å². The largest absolute Gasteiger partial charge is 0.464 e. The van der Waals surface area contributed by atoms with Crippen LogP contribution >= 0.6 is 0 Å². The standard InChI is InChI=1S/C22H25N3O2/c1-3-5-21-23-11-16-12-25(9-8-19(16)24-21)13-17-14-27-20-7-6-15(4-2)10-18(20)22(17)26/h6-7,10-11,14H,3-5,8-9,12-13H2,1-2H3. The van der Waals surface area contributed by atoms with E-state index in [1.54, 1.807) is 6.26 Å². The van der Waals surface area contributed by atoms with Crippen LogP contribution in [0, 0.1) is 0 Å². The van der Waals surface area contributed by atoms with Crippen LogP contribution < -0.4 is 5.43 Å². The summed E-state index contributed by atoms with van der Waals surface area (Å²) in [6.45, 7) is 6.48. The highest BCUT2D eigenvalue weighted by Crippen LogP contribution is 2.20. The molecule has 1 aliphatic heterocycles. The molecule has 0 unspecified atom stereocenters. The molecule has 1 aliphatic rings. The number of benzene rings is 1. The van der Waals surface area contributed by atoms with Gasteiger partial charge in [-0.2, -0.15) is 0 Å². The molecule has 2 aromatic heterocycles. The summed E-state index contributed by atoms with van der Waals surface area (Å²) in [4.78, 5) is 24.4. The van der Waals surface area contributed by atoms with Crippen LogP contribution in [0.3, 0.4) is 0 Å². The first-order valence-corrected chi connectivity index (χ1v) is 9.77. The Hall–Kier alpha value is -2.53. The van der Waals surface area contributed by atoms with Gasteiger partial charge in [0.05, 0.1) is 11.6 Å². The molecule has 4 rings (SSSR count). The molecule has 3 heterocycles. The number of fused-ring (bicyclic) bond motifs is 2. The SMILES string of the molecule is CCCc1ncc2c(n1)CCN(Cc1coc3ccc(CC)cc3c1=O)C2. The van der Waals surface area contributed by atoms with Gasteiger partial charge < -0.3 is 4.42 Å². The summed E-state index contributed by atoms with van der Waals surface area (Å²) in [6, 6.07) is 5.86. The van der Waals surface area contributed by atoms with Crippen molar-refractivity contribution in [3.63, 3.8) is 0 Å². The predicted molar refractivity (Wildman–Crippen MR) is 106 cm³/mol. The summed E-state index contributed by atoms with van der Waals surface area (Å²) >= 11 is 0. The summed E-state index contributed by atoms with van der Waals surface area (Å²) < 4.78 is 5.73. The maximum absolute atomic E-state index is 12.9. The van der Waals surface area contributed by atoms with Gasteiger partial charge >= 0.3 is 0 Å². The number of rotatable bonds is 5. The van der Waals surface area contributed by atoms with E-state index >= 15 is 0 Å². The number of aryl methyl sites for hydroxylation is 2. The molecule has 1 aromatic carbocycles. The molecule has 0 fully saturated rings. The Morgan fingerprint density at radius 3 is 2.96 bits per heavy atom.